The van der Waals surface area contributed by atoms with Crippen LogP contribution < -0.4 is 10.1 Å². The minimum absolute atomic E-state index is 0.00330. The van der Waals surface area contributed by atoms with E-state index in [1.807, 2.05) is 0 Å². The van der Waals surface area contributed by atoms with E-state index in [1.165, 1.54) is 16.4 Å². The number of alkyl halides is 3. The van der Waals surface area contributed by atoms with Crippen LogP contribution in [0.4, 0.5) is 13.2 Å². The van der Waals surface area contributed by atoms with Crippen LogP contribution in [0.2, 0.25) is 0 Å². The van der Waals surface area contributed by atoms with Crippen molar-refractivity contribution in [1.29, 1.82) is 0 Å². The second kappa shape index (κ2) is 10.7. The third-order valence-electron chi connectivity index (χ3n) is 6.09. The highest BCUT2D eigenvalue weighted by molar-refractivity contribution is 5.44. The Morgan fingerprint density at radius 3 is 2.17 bits per heavy atom. The molecule has 0 aliphatic heterocycles. The van der Waals surface area contributed by atoms with Gasteiger partial charge in [0, 0.05) is 5.56 Å². The monoisotopic (exact) mass is 418 g/mol. The van der Waals surface area contributed by atoms with Gasteiger partial charge in [0.15, 0.2) is 6.10 Å². The molecule has 3 nitrogen and oxygen atoms in total. The summed E-state index contributed by atoms with van der Waals surface area (Å²) < 4.78 is 42.9. The molecule has 0 radical (unpaired) electrons. The predicted molar refractivity (Wildman–Crippen MR) is 112 cm³/mol. The molecule has 0 fully saturated rings. The van der Waals surface area contributed by atoms with Crippen molar-refractivity contribution in [2.24, 2.45) is 0 Å². The Kier molecular flexibility index (Phi) is 9.48. The molecule has 29 heavy (non-hydrogen) atoms. The molecule has 0 aliphatic rings. The predicted octanol–water partition coefficient (Wildman–Crippen LogP) is 4.71. The van der Waals surface area contributed by atoms with Crippen LogP contribution in [0.5, 0.6) is 5.75 Å². The van der Waals surface area contributed by atoms with E-state index in [0.717, 1.165) is 31.4 Å². The maximum Gasteiger partial charge on any atom is 0.419 e. The Hall–Kier alpha value is -1.27. The van der Waals surface area contributed by atoms with Crippen LogP contribution in [0.15, 0.2) is 18.2 Å². The largest absolute Gasteiger partial charge is 0.493 e. The van der Waals surface area contributed by atoms with Gasteiger partial charge in [-0.25, -0.2) is 0 Å². The fourth-order valence-corrected chi connectivity index (χ4v) is 2.98. The summed E-state index contributed by atoms with van der Waals surface area (Å²) >= 11 is 0. The van der Waals surface area contributed by atoms with Gasteiger partial charge in [0.25, 0.3) is 0 Å². The zero-order valence-corrected chi connectivity index (χ0v) is 18.8. The molecular formula is C23H39F3NO2+. The molecule has 0 aromatic heterocycles. The molecule has 0 aliphatic carbocycles. The second-order valence-electron chi connectivity index (χ2n) is 9.11. The maximum atomic E-state index is 12.3. The molecule has 1 atom stereocenters. The van der Waals surface area contributed by atoms with E-state index >= 15 is 0 Å². The van der Waals surface area contributed by atoms with Crippen molar-refractivity contribution in [3.05, 3.63) is 29.3 Å². The van der Waals surface area contributed by atoms with Gasteiger partial charge in [-0.05, 0) is 48.1 Å². The first kappa shape index (κ1) is 25.8. The average Bonchev–Trinajstić information content (AvgIpc) is 2.66. The number of nitrogens with two attached hydrogens (primary N) is 1. The molecule has 0 bridgehead atoms. The number of quaternary nitrogens is 1. The Balaban J connectivity index is 2.63. The highest BCUT2D eigenvalue weighted by Crippen LogP contribution is 2.38. The Morgan fingerprint density at radius 1 is 1.00 bits per heavy atom. The number of aliphatic hydroxyl groups is 1. The van der Waals surface area contributed by atoms with Gasteiger partial charge in [0.1, 0.15) is 12.3 Å². The van der Waals surface area contributed by atoms with Crippen molar-refractivity contribution in [2.45, 2.75) is 90.3 Å². The van der Waals surface area contributed by atoms with Gasteiger partial charge < -0.3 is 15.2 Å². The summed E-state index contributed by atoms with van der Waals surface area (Å²) in [5, 5.41) is 10.5. The fourth-order valence-electron chi connectivity index (χ4n) is 2.98. The number of aliphatic hydroxyl groups excluding tert-OH is 1. The number of hydrogen-bond donors (Lipinski definition) is 2. The quantitative estimate of drug-likeness (QED) is 0.483. The molecule has 0 amide bonds. The Bertz CT molecular complexity index is 627. The number of halogens is 3. The van der Waals surface area contributed by atoms with Crippen LogP contribution in [0, 0.1) is 0 Å². The van der Waals surface area contributed by atoms with Crippen LogP contribution in [-0.4, -0.2) is 37.1 Å². The van der Waals surface area contributed by atoms with Crippen molar-refractivity contribution < 1.29 is 28.3 Å². The topological polar surface area (TPSA) is 46.1 Å². The SMILES string of the molecule is CCC(C)(C)c1ccc(OCCCC[NH2+]C[C@H](O)C(F)(F)F)c(C(C)(C)CC)c1. The zero-order valence-electron chi connectivity index (χ0n) is 18.8. The minimum atomic E-state index is -4.54. The van der Waals surface area contributed by atoms with Gasteiger partial charge in [0.2, 0.25) is 0 Å². The summed E-state index contributed by atoms with van der Waals surface area (Å²) in [6, 6.07) is 6.47. The molecule has 6 heteroatoms. The van der Waals surface area contributed by atoms with Gasteiger partial charge in [0.05, 0.1) is 13.2 Å². The normalized spacial score (nSPS) is 14.1. The molecule has 0 unspecified atom stereocenters. The first-order valence-electron chi connectivity index (χ1n) is 10.7. The van der Waals surface area contributed by atoms with Gasteiger partial charge in [-0.1, -0.05) is 53.7 Å². The van der Waals surface area contributed by atoms with E-state index in [-0.39, 0.29) is 17.4 Å². The van der Waals surface area contributed by atoms with Crippen LogP contribution in [0.1, 0.15) is 78.4 Å². The van der Waals surface area contributed by atoms with E-state index in [2.05, 4.69) is 59.7 Å². The third-order valence-corrected chi connectivity index (χ3v) is 6.09. The number of ether oxygens (including phenoxy) is 1. The standard InChI is InChI=1S/C23H38F3NO2/c1-7-21(3,4)17-11-12-19(18(15-17)22(5,6)8-2)29-14-10-9-13-27-16-20(28)23(24,25)26/h11-12,15,20,27-28H,7-10,13-14,16H2,1-6H3/p+1/t20-/m0/s1. The lowest BCUT2D eigenvalue weighted by molar-refractivity contribution is -0.665. The number of hydrogen-bond acceptors (Lipinski definition) is 2. The smallest absolute Gasteiger partial charge is 0.419 e. The lowest BCUT2D eigenvalue weighted by Gasteiger charge is -2.30. The van der Waals surface area contributed by atoms with E-state index in [0.29, 0.717) is 13.2 Å². The maximum absolute atomic E-state index is 12.3. The molecule has 3 N–H and O–H groups in total. The number of rotatable bonds is 12. The molecule has 0 heterocycles. The van der Waals surface area contributed by atoms with Crippen LogP contribution >= 0.6 is 0 Å². The van der Waals surface area contributed by atoms with Crippen molar-refractivity contribution in [1.82, 2.24) is 0 Å². The summed E-state index contributed by atoms with van der Waals surface area (Å²) in [6.45, 7) is 14.0. The first-order chi connectivity index (χ1) is 13.3. The van der Waals surface area contributed by atoms with Crippen LogP contribution in [0.25, 0.3) is 0 Å². The van der Waals surface area contributed by atoms with Gasteiger partial charge in [-0.2, -0.15) is 13.2 Å². The lowest BCUT2D eigenvalue weighted by atomic mass is 9.76. The molecule has 0 saturated carbocycles. The molecular weight excluding hydrogens is 379 g/mol. The summed E-state index contributed by atoms with van der Waals surface area (Å²) in [6.07, 6.45) is -3.26. The molecule has 168 valence electrons. The van der Waals surface area contributed by atoms with E-state index in [9.17, 15) is 13.2 Å². The van der Waals surface area contributed by atoms with Crippen LogP contribution in [0.3, 0.4) is 0 Å². The van der Waals surface area contributed by atoms with E-state index in [1.54, 1.807) is 0 Å². The number of benzene rings is 1. The van der Waals surface area contributed by atoms with Crippen LogP contribution in [-0.2, 0) is 10.8 Å². The summed E-state index contributed by atoms with van der Waals surface area (Å²) in [5.41, 5.74) is 2.62. The average molecular weight is 419 g/mol. The molecule has 1 aromatic carbocycles. The van der Waals surface area contributed by atoms with Gasteiger partial charge in [-0.3, -0.25) is 0 Å². The highest BCUT2D eigenvalue weighted by atomic mass is 19.4. The zero-order chi connectivity index (χ0) is 22.3. The molecule has 0 saturated heterocycles. The Morgan fingerprint density at radius 2 is 1.62 bits per heavy atom. The summed E-state index contributed by atoms with van der Waals surface area (Å²) in [7, 11) is 0. The molecule has 1 rings (SSSR count). The van der Waals surface area contributed by atoms with Crippen molar-refractivity contribution in [2.75, 3.05) is 19.7 Å². The molecule has 1 aromatic rings. The van der Waals surface area contributed by atoms with Gasteiger partial charge >= 0.3 is 6.18 Å². The second-order valence-corrected chi connectivity index (χ2v) is 9.11. The minimum Gasteiger partial charge on any atom is -0.493 e. The Labute approximate surface area is 174 Å². The lowest BCUT2D eigenvalue weighted by Crippen LogP contribution is -2.87. The van der Waals surface area contributed by atoms with Gasteiger partial charge in [-0.15, -0.1) is 0 Å². The third kappa shape index (κ3) is 7.82. The highest BCUT2D eigenvalue weighted by Gasteiger charge is 2.39. The van der Waals surface area contributed by atoms with E-state index < -0.39 is 12.3 Å². The summed E-state index contributed by atoms with van der Waals surface area (Å²) in [4.78, 5) is 0. The first-order valence-corrected chi connectivity index (χ1v) is 10.7. The van der Waals surface area contributed by atoms with E-state index in [4.69, 9.17) is 9.84 Å². The molecule has 0 spiro atoms. The summed E-state index contributed by atoms with van der Waals surface area (Å²) in [5.74, 6) is 0.893. The van der Waals surface area contributed by atoms with Crippen molar-refractivity contribution in [3.63, 3.8) is 0 Å². The van der Waals surface area contributed by atoms with Crippen molar-refractivity contribution in [3.8, 4) is 5.75 Å². The van der Waals surface area contributed by atoms with Crippen molar-refractivity contribution >= 4 is 0 Å². The number of unbranched alkanes of at least 4 members (excludes halogenated alkanes) is 1. The fraction of sp³-hybridized carbons (Fsp3) is 0.739.